The summed E-state index contributed by atoms with van der Waals surface area (Å²) in [6.07, 6.45) is 2.75. The molecule has 4 nitrogen and oxygen atoms in total. The minimum absolute atomic E-state index is 0.0266. The summed E-state index contributed by atoms with van der Waals surface area (Å²) in [5.41, 5.74) is 8.59. The minimum atomic E-state index is -0.0870. The first-order valence-corrected chi connectivity index (χ1v) is 9.55. The van der Waals surface area contributed by atoms with Gasteiger partial charge in [0.15, 0.2) is 0 Å². The number of benzene rings is 2. The Morgan fingerprint density at radius 2 is 1.96 bits per heavy atom. The van der Waals surface area contributed by atoms with Crippen LogP contribution in [0.25, 0.3) is 0 Å². The van der Waals surface area contributed by atoms with Crippen LogP contribution in [0.1, 0.15) is 24.0 Å². The van der Waals surface area contributed by atoms with Gasteiger partial charge in [-0.3, -0.25) is 9.69 Å². The average molecular weight is 372 g/mol. The molecule has 5 heteroatoms. The van der Waals surface area contributed by atoms with Crippen LogP contribution in [0.15, 0.2) is 54.6 Å². The Morgan fingerprint density at radius 3 is 2.73 bits per heavy atom. The molecule has 0 aliphatic carbocycles. The Morgan fingerprint density at radius 1 is 1.19 bits per heavy atom. The molecule has 2 aromatic rings. The van der Waals surface area contributed by atoms with Gasteiger partial charge in [0.1, 0.15) is 0 Å². The standard InChI is InChI=1S/C21H26ClN3O/c22-18-9-4-8-17(12-18)14-24-21(26)20-10-5-11-25(20)15-19(23)13-16-6-2-1-3-7-16/h1-4,6-9,12,19-20H,5,10-11,13-15,23H2,(H,24,26)/t19-,20+/m1/s1. The number of halogens is 1. The fourth-order valence-corrected chi connectivity index (χ4v) is 3.79. The Bertz CT molecular complexity index is 722. The monoisotopic (exact) mass is 371 g/mol. The Balaban J connectivity index is 1.51. The van der Waals surface area contributed by atoms with E-state index in [2.05, 4.69) is 22.3 Å². The summed E-state index contributed by atoms with van der Waals surface area (Å²) >= 11 is 6.00. The maximum Gasteiger partial charge on any atom is 0.237 e. The molecule has 0 saturated carbocycles. The van der Waals surface area contributed by atoms with Gasteiger partial charge in [0.2, 0.25) is 5.91 Å². The fourth-order valence-electron chi connectivity index (χ4n) is 3.58. The van der Waals surface area contributed by atoms with Crippen molar-refractivity contribution in [1.82, 2.24) is 10.2 Å². The summed E-state index contributed by atoms with van der Waals surface area (Å²) in [7, 11) is 0. The smallest absolute Gasteiger partial charge is 0.237 e. The molecule has 26 heavy (non-hydrogen) atoms. The third-order valence-corrected chi connectivity index (χ3v) is 5.07. The van der Waals surface area contributed by atoms with Gasteiger partial charge in [-0.2, -0.15) is 0 Å². The summed E-state index contributed by atoms with van der Waals surface area (Å²) in [5, 5.41) is 3.73. The topological polar surface area (TPSA) is 58.4 Å². The molecule has 2 atom stereocenters. The Hall–Kier alpha value is -1.88. The highest BCUT2D eigenvalue weighted by molar-refractivity contribution is 6.30. The molecule has 1 aliphatic heterocycles. The van der Waals surface area contributed by atoms with E-state index in [0.717, 1.165) is 37.9 Å². The molecular weight excluding hydrogens is 346 g/mol. The zero-order chi connectivity index (χ0) is 18.4. The number of carbonyl (C=O) groups is 1. The van der Waals surface area contributed by atoms with Crippen LogP contribution < -0.4 is 11.1 Å². The van der Waals surface area contributed by atoms with Gasteiger partial charge in [0, 0.05) is 24.2 Å². The lowest BCUT2D eigenvalue weighted by molar-refractivity contribution is -0.125. The summed E-state index contributed by atoms with van der Waals surface area (Å²) in [6.45, 7) is 2.17. The number of carbonyl (C=O) groups excluding carboxylic acids is 1. The van der Waals surface area contributed by atoms with E-state index in [-0.39, 0.29) is 18.0 Å². The van der Waals surface area contributed by atoms with Crippen molar-refractivity contribution in [2.24, 2.45) is 5.73 Å². The van der Waals surface area contributed by atoms with Gasteiger partial charge >= 0.3 is 0 Å². The van der Waals surface area contributed by atoms with Crippen LogP contribution in [-0.4, -0.2) is 36.0 Å². The molecule has 3 rings (SSSR count). The summed E-state index contributed by atoms with van der Waals surface area (Å²) in [6, 6.07) is 17.8. The van der Waals surface area contributed by atoms with E-state index in [1.54, 1.807) is 0 Å². The van der Waals surface area contributed by atoms with E-state index in [1.165, 1.54) is 5.56 Å². The predicted octanol–water partition coefficient (Wildman–Crippen LogP) is 2.99. The predicted molar refractivity (Wildman–Crippen MR) is 106 cm³/mol. The number of amides is 1. The molecule has 1 amide bonds. The van der Waals surface area contributed by atoms with Gasteiger partial charge in [-0.05, 0) is 49.1 Å². The van der Waals surface area contributed by atoms with E-state index in [1.807, 2.05) is 42.5 Å². The van der Waals surface area contributed by atoms with Crippen molar-refractivity contribution in [2.75, 3.05) is 13.1 Å². The van der Waals surface area contributed by atoms with Gasteiger partial charge < -0.3 is 11.1 Å². The van der Waals surface area contributed by atoms with Gasteiger partial charge in [0.25, 0.3) is 0 Å². The molecule has 0 bridgehead atoms. The van der Waals surface area contributed by atoms with Gasteiger partial charge in [-0.1, -0.05) is 54.1 Å². The number of likely N-dealkylation sites (tertiary alicyclic amines) is 1. The second-order valence-electron chi connectivity index (χ2n) is 6.95. The normalized spacial score (nSPS) is 18.6. The molecular formula is C21H26ClN3O. The molecule has 0 spiro atoms. The molecule has 1 aliphatic rings. The first-order valence-electron chi connectivity index (χ1n) is 9.17. The summed E-state index contributed by atoms with van der Waals surface area (Å²) in [4.78, 5) is 14.9. The third kappa shape index (κ3) is 5.31. The van der Waals surface area contributed by atoms with E-state index in [9.17, 15) is 4.79 Å². The highest BCUT2D eigenvalue weighted by Crippen LogP contribution is 2.18. The molecule has 138 valence electrons. The maximum absolute atomic E-state index is 12.6. The second-order valence-corrected chi connectivity index (χ2v) is 7.39. The number of nitrogens with two attached hydrogens (primary N) is 1. The lowest BCUT2D eigenvalue weighted by Crippen LogP contribution is -2.47. The molecule has 0 aromatic heterocycles. The van der Waals surface area contributed by atoms with Crippen LogP contribution in [0, 0.1) is 0 Å². The lowest BCUT2D eigenvalue weighted by atomic mass is 10.1. The molecule has 0 unspecified atom stereocenters. The molecule has 1 heterocycles. The van der Waals surface area contributed by atoms with Crippen molar-refractivity contribution < 1.29 is 4.79 Å². The Kier molecular flexibility index (Phi) is 6.67. The van der Waals surface area contributed by atoms with Gasteiger partial charge in [0.05, 0.1) is 6.04 Å². The maximum atomic E-state index is 12.6. The van der Waals surface area contributed by atoms with E-state index in [4.69, 9.17) is 17.3 Å². The first kappa shape index (κ1) is 18.9. The SMILES string of the molecule is N[C@H](Cc1ccccc1)CN1CCC[C@H]1C(=O)NCc1cccc(Cl)c1. The molecule has 3 N–H and O–H groups in total. The third-order valence-electron chi connectivity index (χ3n) is 4.83. The number of rotatable bonds is 7. The number of nitrogens with zero attached hydrogens (tertiary/aromatic N) is 1. The van der Waals surface area contributed by atoms with Crippen molar-refractivity contribution in [1.29, 1.82) is 0 Å². The first-order chi connectivity index (χ1) is 12.6. The summed E-state index contributed by atoms with van der Waals surface area (Å²) < 4.78 is 0. The largest absolute Gasteiger partial charge is 0.351 e. The molecule has 2 aromatic carbocycles. The van der Waals surface area contributed by atoms with Crippen LogP contribution in [0.2, 0.25) is 5.02 Å². The van der Waals surface area contributed by atoms with E-state index >= 15 is 0 Å². The van der Waals surface area contributed by atoms with Crippen LogP contribution >= 0.6 is 11.6 Å². The van der Waals surface area contributed by atoms with Crippen LogP contribution in [0.3, 0.4) is 0 Å². The molecule has 0 radical (unpaired) electrons. The fraction of sp³-hybridized carbons (Fsp3) is 0.381. The van der Waals surface area contributed by atoms with E-state index in [0.29, 0.717) is 11.6 Å². The zero-order valence-electron chi connectivity index (χ0n) is 14.9. The van der Waals surface area contributed by atoms with Crippen LogP contribution in [-0.2, 0) is 17.8 Å². The van der Waals surface area contributed by atoms with Crippen molar-refractivity contribution in [3.8, 4) is 0 Å². The van der Waals surface area contributed by atoms with Crippen LogP contribution in [0.5, 0.6) is 0 Å². The van der Waals surface area contributed by atoms with Gasteiger partial charge in [-0.25, -0.2) is 0 Å². The van der Waals surface area contributed by atoms with Crippen molar-refractivity contribution in [2.45, 2.75) is 37.9 Å². The number of hydrogen-bond donors (Lipinski definition) is 2. The van der Waals surface area contributed by atoms with Crippen molar-refractivity contribution in [3.05, 3.63) is 70.7 Å². The zero-order valence-corrected chi connectivity index (χ0v) is 15.7. The van der Waals surface area contributed by atoms with E-state index < -0.39 is 0 Å². The highest BCUT2D eigenvalue weighted by atomic mass is 35.5. The van der Waals surface area contributed by atoms with Crippen molar-refractivity contribution in [3.63, 3.8) is 0 Å². The van der Waals surface area contributed by atoms with Gasteiger partial charge in [-0.15, -0.1) is 0 Å². The lowest BCUT2D eigenvalue weighted by Gasteiger charge is -2.26. The molecule has 1 fully saturated rings. The quantitative estimate of drug-likeness (QED) is 0.786. The summed E-state index contributed by atoms with van der Waals surface area (Å²) in [5.74, 6) is 0.0781. The Labute approximate surface area is 160 Å². The second kappa shape index (κ2) is 9.17. The highest BCUT2D eigenvalue weighted by Gasteiger charge is 2.31. The van der Waals surface area contributed by atoms with Crippen LogP contribution in [0.4, 0.5) is 0 Å². The average Bonchev–Trinajstić information content (AvgIpc) is 3.08. The molecule has 1 saturated heterocycles. The number of nitrogens with one attached hydrogen (secondary N) is 1. The minimum Gasteiger partial charge on any atom is -0.351 e. The van der Waals surface area contributed by atoms with Crippen molar-refractivity contribution >= 4 is 17.5 Å². The number of hydrogen-bond acceptors (Lipinski definition) is 3.